The molecule has 4 aliphatic rings. The van der Waals surface area contributed by atoms with Gasteiger partial charge in [0, 0.05) is 30.8 Å². The molecule has 2 amide bonds. The van der Waals surface area contributed by atoms with Gasteiger partial charge in [0.2, 0.25) is 0 Å². The first-order valence-corrected chi connectivity index (χ1v) is 13.1. The number of amides is 2. The van der Waals surface area contributed by atoms with Crippen molar-refractivity contribution in [2.45, 2.75) is 62.8 Å². The third-order valence-corrected chi connectivity index (χ3v) is 7.92. The van der Waals surface area contributed by atoms with Crippen molar-refractivity contribution in [2.75, 3.05) is 31.7 Å². The van der Waals surface area contributed by atoms with Crippen LogP contribution in [-0.4, -0.2) is 61.4 Å². The van der Waals surface area contributed by atoms with Crippen molar-refractivity contribution in [1.29, 1.82) is 0 Å². The van der Waals surface area contributed by atoms with Crippen molar-refractivity contribution in [2.24, 2.45) is 0 Å². The molecule has 8 nitrogen and oxygen atoms in total. The molecule has 0 radical (unpaired) electrons. The molecule has 0 unspecified atom stereocenters. The molecule has 204 valence electrons. The Morgan fingerprint density at radius 1 is 1.16 bits per heavy atom. The SMILES string of the molecule is COC(C)(C)CN1C[C@@H](C(=O)NC23CC(NC(=O)COc4ccc(Cl)c(F)c4)(C2)C3)Oc2ccc(C)cc21. The second kappa shape index (κ2) is 9.61. The number of rotatable bonds is 9. The van der Waals surface area contributed by atoms with Crippen LogP contribution in [0.5, 0.6) is 11.5 Å². The molecule has 2 aromatic rings. The number of ether oxygens (including phenoxy) is 3. The lowest BCUT2D eigenvalue weighted by atomic mass is 9.44. The Morgan fingerprint density at radius 3 is 2.55 bits per heavy atom. The van der Waals surface area contributed by atoms with Crippen LogP contribution in [0, 0.1) is 12.7 Å². The predicted octanol–water partition coefficient (Wildman–Crippen LogP) is 3.77. The Hall–Kier alpha value is -3.04. The molecule has 10 heteroatoms. The van der Waals surface area contributed by atoms with Crippen LogP contribution in [0.1, 0.15) is 38.7 Å². The van der Waals surface area contributed by atoms with E-state index in [1.807, 2.05) is 32.9 Å². The molecule has 2 bridgehead atoms. The molecule has 6 rings (SSSR count). The number of hydrogen-bond acceptors (Lipinski definition) is 6. The second-order valence-corrected chi connectivity index (χ2v) is 11.8. The smallest absolute Gasteiger partial charge is 0.263 e. The normalized spacial score (nSPS) is 25.3. The maximum Gasteiger partial charge on any atom is 0.263 e. The highest BCUT2D eigenvalue weighted by atomic mass is 35.5. The summed E-state index contributed by atoms with van der Waals surface area (Å²) in [6.45, 7) is 6.85. The summed E-state index contributed by atoms with van der Waals surface area (Å²) >= 11 is 5.67. The van der Waals surface area contributed by atoms with Gasteiger partial charge in [-0.2, -0.15) is 0 Å². The quantitative estimate of drug-likeness (QED) is 0.499. The monoisotopic (exact) mass is 545 g/mol. The van der Waals surface area contributed by atoms with E-state index >= 15 is 0 Å². The van der Waals surface area contributed by atoms with Gasteiger partial charge in [-0.25, -0.2) is 4.39 Å². The number of anilines is 1. The summed E-state index contributed by atoms with van der Waals surface area (Å²) in [6, 6.07) is 9.98. The number of nitrogens with one attached hydrogen (secondary N) is 2. The summed E-state index contributed by atoms with van der Waals surface area (Å²) in [5, 5.41) is 6.17. The summed E-state index contributed by atoms with van der Waals surface area (Å²) < 4.78 is 30.7. The topological polar surface area (TPSA) is 89.1 Å². The van der Waals surface area contributed by atoms with Gasteiger partial charge in [-0.05, 0) is 69.9 Å². The van der Waals surface area contributed by atoms with E-state index in [0.717, 1.165) is 17.3 Å². The number of carbonyl (C=O) groups excluding carboxylic acids is 2. The summed E-state index contributed by atoms with van der Waals surface area (Å²) in [5.41, 5.74) is 0.990. The van der Waals surface area contributed by atoms with E-state index in [4.69, 9.17) is 25.8 Å². The maximum atomic E-state index is 13.6. The molecule has 1 heterocycles. The number of carbonyl (C=O) groups is 2. The second-order valence-electron chi connectivity index (χ2n) is 11.4. The Kier molecular flexibility index (Phi) is 6.72. The lowest BCUT2D eigenvalue weighted by Crippen LogP contribution is -2.84. The van der Waals surface area contributed by atoms with Crippen LogP contribution in [0.2, 0.25) is 5.02 Å². The van der Waals surface area contributed by atoms with E-state index in [0.29, 0.717) is 38.1 Å². The standard InChI is InChI=1S/C28H33ClFN3O5/c1-17-5-8-22-21(9-17)33(16-26(2,3)36-4)11-23(38-22)25(35)32-28-13-27(14-28,15-28)31-24(34)12-37-18-6-7-19(29)20(30)10-18/h5-10,23H,11-16H2,1-4H3,(H,31,34)(H,32,35)/t23-,27?,28?/m0/s1. The largest absolute Gasteiger partial charge is 0.484 e. The number of aryl methyl sites for hydroxylation is 1. The van der Waals surface area contributed by atoms with Gasteiger partial charge in [0.25, 0.3) is 11.8 Å². The fourth-order valence-electron chi connectivity index (χ4n) is 5.72. The van der Waals surface area contributed by atoms with E-state index in [9.17, 15) is 14.0 Å². The Bertz CT molecular complexity index is 1250. The van der Waals surface area contributed by atoms with Crippen LogP contribution in [-0.2, 0) is 14.3 Å². The zero-order chi connectivity index (χ0) is 27.3. The molecule has 38 heavy (non-hydrogen) atoms. The molecule has 0 saturated heterocycles. The fraction of sp³-hybridized carbons (Fsp3) is 0.500. The lowest BCUT2D eigenvalue weighted by Gasteiger charge is -2.70. The highest BCUT2D eigenvalue weighted by Gasteiger charge is 2.69. The molecule has 1 aliphatic heterocycles. The van der Waals surface area contributed by atoms with Crippen molar-refractivity contribution in [1.82, 2.24) is 10.6 Å². The van der Waals surface area contributed by atoms with Gasteiger partial charge >= 0.3 is 0 Å². The van der Waals surface area contributed by atoms with Crippen LogP contribution in [0.4, 0.5) is 10.1 Å². The van der Waals surface area contributed by atoms with Gasteiger partial charge in [0.15, 0.2) is 12.7 Å². The minimum Gasteiger partial charge on any atom is -0.484 e. The first-order valence-electron chi connectivity index (χ1n) is 12.7. The Morgan fingerprint density at radius 2 is 1.87 bits per heavy atom. The molecule has 3 fully saturated rings. The first kappa shape index (κ1) is 26.6. The van der Waals surface area contributed by atoms with E-state index in [1.54, 1.807) is 7.11 Å². The minimum absolute atomic E-state index is 0.00697. The van der Waals surface area contributed by atoms with E-state index < -0.39 is 17.5 Å². The number of fused-ring (bicyclic) bond motifs is 1. The summed E-state index contributed by atoms with van der Waals surface area (Å²) in [7, 11) is 1.68. The van der Waals surface area contributed by atoms with E-state index in [2.05, 4.69) is 21.6 Å². The van der Waals surface area contributed by atoms with Gasteiger partial charge in [0.05, 0.1) is 22.9 Å². The molecule has 0 spiro atoms. The highest BCUT2D eigenvalue weighted by Crippen LogP contribution is 2.60. The summed E-state index contributed by atoms with van der Waals surface area (Å²) in [4.78, 5) is 27.8. The van der Waals surface area contributed by atoms with Crippen LogP contribution in [0.15, 0.2) is 36.4 Å². The third-order valence-electron chi connectivity index (χ3n) is 7.61. The van der Waals surface area contributed by atoms with Crippen LogP contribution in [0.25, 0.3) is 0 Å². The van der Waals surface area contributed by atoms with Crippen LogP contribution >= 0.6 is 11.6 Å². The number of nitrogens with zero attached hydrogens (tertiary/aromatic N) is 1. The molecule has 2 N–H and O–H groups in total. The summed E-state index contributed by atoms with van der Waals surface area (Å²) in [6.07, 6.45) is 1.28. The van der Waals surface area contributed by atoms with Gasteiger partial charge in [-0.15, -0.1) is 0 Å². The Labute approximate surface area is 226 Å². The molecule has 1 atom stereocenters. The van der Waals surface area contributed by atoms with Crippen LogP contribution < -0.4 is 25.0 Å². The Balaban J connectivity index is 1.14. The van der Waals surface area contributed by atoms with Crippen LogP contribution in [0.3, 0.4) is 0 Å². The fourth-order valence-corrected chi connectivity index (χ4v) is 5.83. The lowest BCUT2D eigenvalue weighted by molar-refractivity contribution is -0.154. The van der Waals surface area contributed by atoms with Gasteiger partial charge < -0.3 is 29.7 Å². The molecular weight excluding hydrogens is 513 g/mol. The third kappa shape index (κ3) is 5.27. The summed E-state index contributed by atoms with van der Waals surface area (Å²) in [5.74, 6) is -0.151. The van der Waals surface area contributed by atoms with Crippen molar-refractivity contribution in [3.63, 3.8) is 0 Å². The zero-order valence-corrected chi connectivity index (χ0v) is 22.8. The number of halogens is 2. The zero-order valence-electron chi connectivity index (χ0n) is 22.0. The van der Waals surface area contributed by atoms with Gasteiger partial charge in [-0.1, -0.05) is 17.7 Å². The van der Waals surface area contributed by atoms with E-state index in [1.165, 1.54) is 12.1 Å². The van der Waals surface area contributed by atoms with Crippen molar-refractivity contribution in [3.8, 4) is 11.5 Å². The predicted molar refractivity (Wildman–Crippen MR) is 141 cm³/mol. The average Bonchev–Trinajstić information content (AvgIpc) is 2.82. The molecule has 3 aliphatic carbocycles. The van der Waals surface area contributed by atoms with E-state index in [-0.39, 0.29) is 40.3 Å². The number of methoxy groups -OCH3 is 1. The maximum absolute atomic E-state index is 13.6. The van der Waals surface area contributed by atoms with Gasteiger partial charge in [-0.3, -0.25) is 9.59 Å². The molecule has 3 saturated carbocycles. The van der Waals surface area contributed by atoms with Crippen molar-refractivity contribution < 1.29 is 28.2 Å². The van der Waals surface area contributed by atoms with Crippen molar-refractivity contribution >= 4 is 29.1 Å². The number of benzene rings is 2. The minimum atomic E-state index is -0.661. The average molecular weight is 546 g/mol. The van der Waals surface area contributed by atoms with Crippen molar-refractivity contribution in [3.05, 3.63) is 52.8 Å². The molecule has 2 aromatic carbocycles. The molecular formula is C28H33ClFN3O5. The molecule has 0 aromatic heterocycles. The first-order chi connectivity index (χ1) is 17.9. The number of hydrogen-bond donors (Lipinski definition) is 2. The van der Waals surface area contributed by atoms with Gasteiger partial charge in [0.1, 0.15) is 17.3 Å². The highest BCUT2D eigenvalue weighted by molar-refractivity contribution is 6.30.